The number of nitrogens with zero attached hydrogens (tertiary/aromatic N) is 1. The van der Waals surface area contributed by atoms with Crippen LogP contribution in [0.1, 0.15) is 0 Å². The third-order valence-corrected chi connectivity index (χ3v) is 5.16. The molecule has 0 saturated carbocycles. The summed E-state index contributed by atoms with van der Waals surface area (Å²) in [5.41, 5.74) is 0.385. The van der Waals surface area contributed by atoms with Gasteiger partial charge in [0.15, 0.2) is 4.90 Å². The lowest BCUT2D eigenvalue weighted by atomic mass is 10.3. The molecule has 0 aliphatic heterocycles. The van der Waals surface area contributed by atoms with Gasteiger partial charge in [0.2, 0.25) is 10.0 Å². The van der Waals surface area contributed by atoms with Gasteiger partial charge in [0.25, 0.3) is 5.69 Å². The lowest BCUT2D eigenvalue weighted by Gasteiger charge is -2.10. The molecule has 122 valence electrons. The Hall–Kier alpha value is -1.97. The molecule has 0 aromatic heterocycles. The van der Waals surface area contributed by atoms with E-state index in [1.165, 1.54) is 18.2 Å². The quantitative estimate of drug-likeness (QED) is 0.423. The molecule has 2 aromatic carbocycles. The summed E-state index contributed by atoms with van der Waals surface area (Å²) in [6, 6.07) is 12.7. The van der Waals surface area contributed by atoms with E-state index in [2.05, 4.69) is 26.0 Å². The van der Waals surface area contributed by atoms with Crippen LogP contribution in [0.2, 0.25) is 0 Å². The molecule has 23 heavy (non-hydrogen) atoms. The third-order valence-electron chi connectivity index (χ3n) is 2.96. The fourth-order valence-electron chi connectivity index (χ4n) is 1.90. The highest BCUT2D eigenvalue weighted by atomic mass is 79.9. The first-order valence-electron chi connectivity index (χ1n) is 6.63. The van der Waals surface area contributed by atoms with Crippen LogP contribution < -0.4 is 10.0 Å². The first kappa shape index (κ1) is 17.4. The number of nitro benzene ring substituents is 1. The molecule has 9 heteroatoms. The molecule has 0 radical (unpaired) electrons. The number of nitrogens with one attached hydrogen (secondary N) is 2. The maximum Gasteiger partial charge on any atom is 0.289 e. The second-order valence-corrected chi connectivity index (χ2v) is 7.12. The minimum atomic E-state index is -3.94. The smallest absolute Gasteiger partial charge is 0.289 e. The van der Waals surface area contributed by atoms with Gasteiger partial charge in [-0.3, -0.25) is 10.1 Å². The van der Waals surface area contributed by atoms with E-state index in [4.69, 9.17) is 0 Å². The Morgan fingerprint density at radius 2 is 1.70 bits per heavy atom. The van der Waals surface area contributed by atoms with Crippen molar-refractivity contribution in [1.29, 1.82) is 0 Å². The molecule has 0 bridgehead atoms. The monoisotopic (exact) mass is 399 g/mol. The van der Waals surface area contributed by atoms with Crippen molar-refractivity contribution in [2.45, 2.75) is 4.90 Å². The van der Waals surface area contributed by atoms with E-state index in [9.17, 15) is 18.5 Å². The SMILES string of the molecule is O=[N+]([O-])c1ccccc1S(=O)(=O)NCCNc1ccccc1Br. The summed E-state index contributed by atoms with van der Waals surface area (Å²) < 4.78 is 27.6. The van der Waals surface area contributed by atoms with E-state index in [1.807, 2.05) is 24.3 Å². The highest BCUT2D eigenvalue weighted by Crippen LogP contribution is 2.23. The molecule has 0 heterocycles. The van der Waals surface area contributed by atoms with E-state index in [0.717, 1.165) is 16.2 Å². The van der Waals surface area contributed by atoms with Gasteiger partial charge in [0.05, 0.1) is 4.92 Å². The topological polar surface area (TPSA) is 101 Å². The van der Waals surface area contributed by atoms with E-state index in [-0.39, 0.29) is 11.4 Å². The van der Waals surface area contributed by atoms with E-state index >= 15 is 0 Å². The minimum Gasteiger partial charge on any atom is -0.383 e. The van der Waals surface area contributed by atoms with Crippen LogP contribution in [-0.2, 0) is 10.0 Å². The Balaban J connectivity index is 2.00. The average molecular weight is 400 g/mol. The molecule has 2 N–H and O–H groups in total. The number of nitro groups is 1. The normalized spacial score (nSPS) is 11.2. The molecule has 0 aliphatic carbocycles. The van der Waals surface area contributed by atoms with Gasteiger partial charge in [-0.05, 0) is 34.1 Å². The summed E-state index contributed by atoms with van der Waals surface area (Å²) in [7, 11) is -3.94. The largest absolute Gasteiger partial charge is 0.383 e. The van der Waals surface area contributed by atoms with Crippen molar-refractivity contribution < 1.29 is 13.3 Å². The van der Waals surface area contributed by atoms with Crippen molar-refractivity contribution in [3.8, 4) is 0 Å². The maximum atomic E-state index is 12.2. The predicted molar refractivity (Wildman–Crippen MR) is 90.9 cm³/mol. The fraction of sp³-hybridized carbons (Fsp3) is 0.143. The lowest BCUT2D eigenvalue weighted by molar-refractivity contribution is -0.387. The first-order chi connectivity index (χ1) is 10.9. The van der Waals surface area contributed by atoms with Crippen LogP contribution >= 0.6 is 15.9 Å². The molecule has 0 spiro atoms. The molecule has 2 aromatic rings. The molecule has 0 fully saturated rings. The van der Waals surface area contributed by atoms with Gasteiger partial charge in [-0.2, -0.15) is 0 Å². The zero-order chi connectivity index (χ0) is 16.9. The van der Waals surface area contributed by atoms with Gasteiger partial charge >= 0.3 is 0 Å². The molecule has 7 nitrogen and oxygen atoms in total. The molecule has 0 aliphatic rings. The summed E-state index contributed by atoms with van der Waals surface area (Å²) in [6.07, 6.45) is 0. The minimum absolute atomic E-state index is 0.0930. The van der Waals surface area contributed by atoms with Crippen LogP contribution in [0.25, 0.3) is 0 Å². The number of para-hydroxylation sites is 2. The van der Waals surface area contributed by atoms with Crippen molar-refractivity contribution in [1.82, 2.24) is 4.72 Å². The van der Waals surface area contributed by atoms with E-state index < -0.39 is 20.6 Å². The Labute approximate surface area is 142 Å². The van der Waals surface area contributed by atoms with Gasteiger partial charge in [0.1, 0.15) is 0 Å². The van der Waals surface area contributed by atoms with Crippen molar-refractivity contribution >= 4 is 37.3 Å². The summed E-state index contributed by atoms with van der Waals surface area (Å²) in [5, 5.41) is 14.0. The summed E-state index contributed by atoms with van der Waals surface area (Å²) >= 11 is 3.37. The third kappa shape index (κ3) is 4.50. The zero-order valence-corrected chi connectivity index (χ0v) is 14.3. The maximum absolute atomic E-state index is 12.2. The Morgan fingerprint density at radius 1 is 1.04 bits per heavy atom. The highest BCUT2D eigenvalue weighted by Gasteiger charge is 2.24. The summed E-state index contributed by atoms with van der Waals surface area (Å²) in [6.45, 7) is 0.429. The predicted octanol–water partition coefficient (Wildman–Crippen LogP) is 2.75. The van der Waals surface area contributed by atoms with Gasteiger partial charge in [-0.15, -0.1) is 0 Å². The molecule has 2 rings (SSSR count). The molecular formula is C14H14BrN3O4S. The number of hydrogen-bond acceptors (Lipinski definition) is 5. The first-order valence-corrected chi connectivity index (χ1v) is 8.91. The second-order valence-electron chi connectivity index (χ2n) is 4.53. The standard InChI is InChI=1S/C14H14BrN3O4S/c15-11-5-1-2-6-12(11)16-9-10-17-23(21,22)14-8-4-3-7-13(14)18(19)20/h1-8,16-17H,9-10H2. The fourth-order valence-corrected chi connectivity index (χ4v) is 3.53. The Kier molecular flexibility index (Phi) is 5.69. The molecular weight excluding hydrogens is 386 g/mol. The zero-order valence-electron chi connectivity index (χ0n) is 11.9. The number of halogens is 1. The number of sulfonamides is 1. The molecule has 0 saturated heterocycles. The average Bonchev–Trinajstić information content (AvgIpc) is 2.53. The van der Waals surface area contributed by atoms with Crippen molar-refractivity contribution in [3.05, 3.63) is 63.1 Å². The van der Waals surface area contributed by atoms with Crippen LogP contribution in [0.3, 0.4) is 0 Å². The van der Waals surface area contributed by atoms with Gasteiger partial charge < -0.3 is 5.32 Å². The molecule has 0 unspecified atom stereocenters. The number of hydrogen-bond donors (Lipinski definition) is 2. The highest BCUT2D eigenvalue weighted by molar-refractivity contribution is 9.10. The van der Waals surface area contributed by atoms with Gasteiger partial charge in [0, 0.05) is 29.3 Å². The Bertz CT molecular complexity index is 811. The number of rotatable bonds is 7. The van der Waals surface area contributed by atoms with Crippen molar-refractivity contribution in [2.75, 3.05) is 18.4 Å². The second kappa shape index (κ2) is 7.53. The summed E-state index contributed by atoms with van der Waals surface area (Å²) in [5.74, 6) is 0. The van der Waals surface area contributed by atoms with Crippen LogP contribution in [-0.4, -0.2) is 26.4 Å². The van der Waals surface area contributed by atoms with Crippen molar-refractivity contribution in [3.63, 3.8) is 0 Å². The number of benzene rings is 2. The van der Waals surface area contributed by atoms with Crippen molar-refractivity contribution in [2.24, 2.45) is 0 Å². The van der Waals surface area contributed by atoms with Crippen LogP contribution in [0.4, 0.5) is 11.4 Å². The Morgan fingerprint density at radius 3 is 2.39 bits per heavy atom. The van der Waals surface area contributed by atoms with Crippen LogP contribution in [0.15, 0.2) is 57.9 Å². The van der Waals surface area contributed by atoms with E-state index in [1.54, 1.807) is 0 Å². The summed E-state index contributed by atoms with van der Waals surface area (Å²) in [4.78, 5) is 9.86. The van der Waals surface area contributed by atoms with Crippen LogP contribution in [0, 0.1) is 10.1 Å². The van der Waals surface area contributed by atoms with Gasteiger partial charge in [-0.25, -0.2) is 13.1 Å². The molecule has 0 atom stereocenters. The van der Waals surface area contributed by atoms with E-state index in [0.29, 0.717) is 6.54 Å². The lowest BCUT2D eigenvalue weighted by Crippen LogP contribution is -2.29. The van der Waals surface area contributed by atoms with Crippen LogP contribution in [0.5, 0.6) is 0 Å². The van der Waals surface area contributed by atoms with Gasteiger partial charge in [-0.1, -0.05) is 24.3 Å². The number of anilines is 1. The molecule has 0 amide bonds.